The standard InChI is InChI=1S/C14H15NO4S/c1-10-3-5-11(6-4-10)19-20(16,17)12-7-8-14(18-2)13(15)9-12/h3-9H,15H2,1-2H3. The highest BCUT2D eigenvalue weighted by Gasteiger charge is 2.18. The van der Waals surface area contributed by atoms with E-state index in [1.165, 1.54) is 25.3 Å². The van der Waals surface area contributed by atoms with Crippen molar-refractivity contribution in [2.45, 2.75) is 11.8 Å². The third kappa shape index (κ3) is 3.03. The molecule has 106 valence electrons. The lowest BCUT2D eigenvalue weighted by atomic mass is 10.2. The third-order valence-electron chi connectivity index (χ3n) is 2.72. The summed E-state index contributed by atoms with van der Waals surface area (Å²) in [5.41, 5.74) is 6.95. The molecule has 0 aliphatic carbocycles. The Hall–Kier alpha value is -2.21. The predicted molar refractivity (Wildman–Crippen MR) is 76.4 cm³/mol. The molecule has 0 bridgehead atoms. The zero-order valence-electron chi connectivity index (χ0n) is 11.2. The van der Waals surface area contributed by atoms with Crippen LogP contribution in [0.25, 0.3) is 0 Å². The molecule has 0 atom stereocenters. The molecule has 2 N–H and O–H groups in total. The first-order chi connectivity index (χ1) is 9.42. The molecule has 2 aromatic carbocycles. The molecule has 0 heterocycles. The minimum atomic E-state index is -3.91. The summed E-state index contributed by atoms with van der Waals surface area (Å²) in [6, 6.07) is 10.9. The van der Waals surface area contributed by atoms with Gasteiger partial charge in [0, 0.05) is 0 Å². The lowest BCUT2D eigenvalue weighted by Crippen LogP contribution is -2.10. The van der Waals surface area contributed by atoms with Crippen LogP contribution in [0, 0.1) is 6.92 Å². The largest absolute Gasteiger partial charge is 0.495 e. The molecular weight excluding hydrogens is 278 g/mol. The van der Waals surface area contributed by atoms with E-state index in [4.69, 9.17) is 14.7 Å². The quantitative estimate of drug-likeness (QED) is 0.691. The summed E-state index contributed by atoms with van der Waals surface area (Å²) in [6.07, 6.45) is 0. The van der Waals surface area contributed by atoms with E-state index in [1.54, 1.807) is 24.3 Å². The smallest absolute Gasteiger partial charge is 0.339 e. The van der Waals surface area contributed by atoms with Crippen molar-refractivity contribution in [3.05, 3.63) is 48.0 Å². The van der Waals surface area contributed by atoms with Crippen molar-refractivity contribution in [2.75, 3.05) is 12.8 Å². The number of benzene rings is 2. The van der Waals surface area contributed by atoms with Crippen LogP contribution in [0.3, 0.4) is 0 Å². The van der Waals surface area contributed by atoms with Crippen LogP contribution in [0.2, 0.25) is 0 Å². The van der Waals surface area contributed by atoms with Gasteiger partial charge in [0.05, 0.1) is 12.8 Å². The topological polar surface area (TPSA) is 78.6 Å². The van der Waals surface area contributed by atoms with Gasteiger partial charge < -0.3 is 14.7 Å². The summed E-state index contributed by atoms with van der Waals surface area (Å²) >= 11 is 0. The fourth-order valence-electron chi connectivity index (χ4n) is 1.64. The van der Waals surface area contributed by atoms with E-state index >= 15 is 0 Å². The van der Waals surface area contributed by atoms with Crippen molar-refractivity contribution < 1.29 is 17.3 Å². The van der Waals surface area contributed by atoms with E-state index in [2.05, 4.69) is 0 Å². The maximum absolute atomic E-state index is 12.1. The first-order valence-corrected chi connectivity index (χ1v) is 7.28. The summed E-state index contributed by atoms with van der Waals surface area (Å²) in [7, 11) is -2.45. The van der Waals surface area contributed by atoms with E-state index in [-0.39, 0.29) is 16.3 Å². The SMILES string of the molecule is COc1ccc(S(=O)(=O)Oc2ccc(C)cc2)cc1N. The van der Waals surface area contributed by atoms with Gasteiger partial charge in [0.2, 0.25) is 0 Å². The highest BCUT2D eigenvalue weighted by atomic mass is 32.2. The lowest BCUT2D eigenvalue weighted by Gasteiger charge is -2.09. The van der Waals surface area contributed by atoms with Crippen molar-refractivity contribution in [3.8, 4) is 11.5 Å². The number of aryl methyl sites for hydroxylation is 1. The maximum Gasteiger partial charge on any atom is 0.339 e. The van der Waals surface area contributed by atoms with Gasteiger partial charge in [-0.15, -0.1) is 0 Å². The first kappa shape index (κ1) is 14.2. The zero-order chi connectivity index (χ0) is 14.8. The van der Waals surface area contributed by atoms with E-state index < -0.39 is 10.1 Å². The Kier molecular flexibility index (Phi) is 3.85. The van der Waals surface area contributed by atoms with Gasteiger partial charge in [0.15, 0.2) is 0 Å². The van der Waals surface area contributed by atoms with E-state index in [0.29, 0.717) is 5.75 Å². The second-order valence-corrected chi connectivity index (χ2v) is 5.80. The molecule has 20 heavy (non-hydrogen) atoms. The Labute approximate surface area is 118 Å². The number of rotatable bonds is 4. The minimum Gasteiger partial charge on any atom is -0.495 e. The molecule has 0 amide bonds. The van der Waals surface area contributed by atoms with Crippen LogP contribution in [0.15, 0.2) is 47.4 Å². The number of hydrogen-bond donors (Lipinski definition) is 1. The van der Waals surface area contributed by atoms with Crippen molar-refractivity contribution >= 4 is 15.8 Å². The highest BCUT2D eigenvalue weighted by molar-refractivity contribution is 7.87. The molecule has 0 aromatic heterocycles. The average Bonchev–Trinajstić information content (AvgIpc) is 2.41. The Morgan fingerprint density at radius 3 is 2.25 bits per heavy atom. The minimum absolute atomic E-state index is 0.0172. The van der Waals surface area contributed by atoms with Gasteiger partial charge in [-0.3, -0.25) is 0 Å². The van der Waals surface area contributed by atoms with Crippen LogP contribution < -0.4 is 14.7 Å². The van der Waals surface area contributed by atoms with Crippen LogP contribution in [-0.4, -0.2) is 15.5 Å². The van der Waals surface area contributed by atoms with Crippen molar-refractivity contribution in [2.24, 2.45) is 0 Å². The molecule has 0 aliphatic rings. The van der Waals surface area contributed by atoms with Crippen molar-refractivity contribution in [3.63, 3.8) is 0 Å². The Bertz CT molecular complexity index is 708. The number of methoxy groups -OCH3 is 1. The third-order valence-corrected chi connectivity index (χ3v) is 3.96. The Morgan fingerprint density at radius 2 is 1.70 bits per heavy atom. The van der Waals surface area contributed by atoms with Crippen molar-refractivity contribution in [1.82, 2.24) is 0 Å². The van der Waals surface area contributed by atoms with Crippen LogP contribution >= 0.6 is 0 Å². The average molecular weight is 293 g/mol. The van der Waals surface area contributed by atoms with E-state index in [0.717, 1.165) is 5.56 Å². The molecule has 0 unspecified atom stereocenters. The molecule has 0 aliphatic heterocycles. The summed E-state index contributed by atoms with van der Waals surface area (Å²) in [4.78, 5) is -0.0172. The molecule has 2 aromatic rings. The van der Waals surface area contributed by atoms with E-state index in [9.17, 15) is 8.42 Å². The second kappa shape index (κ2) is 5.42. The van der Waals surface area contributed by atoms with Gasteiger partial charge in [0.1, 0.15) is 16.4 Å². The Morgan fingerprint density at radius 1 is 1.05 bits per heavy atom. The van der Waals surface area contributed by atoms with Crippen LogP contribution in [-0.2, 0) is 10.1 Å². The number of nitrogen functional groups attached to an aromatic ring is 1. The summed E-state index contributed by atoms with van der Waals surface area (Å²) in [6.45, 7) is 1.91. The van der Waals surface area contributed by atoms with E-state index in [1.807, 2.05) is 6.92 Å². The molecule has 0 saturated carbocycles. The Balaban J connectivity index is 2.30. The van der Waals surface area contributed by atoms with Crippen LogP contribution in [0.4, 0.5) is 5.69 Å². The maximum atomic E-state index is 12.1. The molecular formula is C14H15NO4S. The molecule has 2 rings (SSSR count). The monoisotopic (exact) mass is 293 g/mol. The fraction of sp³-hybridized carbons (Fsp3) is 0.143. The number of hydrogen-bond acceptors (Lipinski definition) is 5. The molecule has 0 radical (unpaired) electrons. The number of anilines is 1. The van der Waals surface area contributed by atoms with Crippen molar-refractivity contribution in [1.29, 1.82) is 0 Å². The van der Waals surface area contributed by atoms with Gasteiger partial charge in [-0.2, -0.15) is 8.42 Å². The van der Waals surface area contributed by atoms with Crippen LogP contribution in [0.5, 0.6) is 11.5 Å². The zero-order valence-corrected chi connectivity index (χ0v) is 12.0. The number of ether oxygens (including phenoxy) is 1. The molecule has 0 spiro atoms. The molecule has 0 saturated heterocycles. The second-order valence-electron chi connectivity index (χ2n) is 4.25. The highest BCUT2D eigenvalue weighted by Crippen LogP contribution is 2.26. The van der Waals surface area contributed by atoms with Gasteiger partial charge >= 0.3 is 10.1 Å². The summed E-state index contributed by atoms with van der Waals surface area (Å²) in [5.74, 6) is 0.671. The van der Waals surface area contributed by atoms with Gasteiger partial charge in [0.25, 0.3) is 0 Å². The first-order valence-electron chi connectivity index (χ1n) is 5.87. The van der Waals surface area contributed by atoms with Gasteiger partial charge in [-0.1, -0.05) is 17.7 Å². The number of nitrogens with two attached hydrogens (primary N) is 1. The summed E-state index contributed by atoms with van der Waals surface area (Å²) in [5, 5.41) is 0. The molecule has 0 fully saturated rings. The van der Waals surface area contributed by atoms with Gasteiger partial charge in [-0.25, -0.2) is 0 Å². The van der Waals surface area contributed by atoms with Crippen LogP contribution in [0.1, 0.15) is 5.56 Å². The normalized spacial score (nSPS) is 11.1. The molecule has 5 nitrogen and oxygen atoms in total. The summed E-state index contributed by atoms with van der Waals surface area (Å²) < 4.78 is 34.3. The fourth-order valence-corrected chi connectivity index (χ4v) is 2.60. The lowest BCUT2D eigenvalue weighted by molar-refractivity contribution is 0.416. The van der Waals surface area contributed by atoms with Gasteiger partial charge in [-0.05, 0) is 37.3 Å². The molecule has 6 heteroatoms. The predicted octanol–water partition coefficient (Wildman–Crippen LogP) is 2.35.